The van der Waals surface area contributed by atoms with Gasteiger partial charge in [-0.15, -0.1) is 0 Å². The van der Waals surface area contributed by atoms with E-state index in [0.29, 0.717) is 0 Å². The Bertz CT molecular complexity index is 889. The first-order valence-electron chi connectivity index (χ1n) is 14.1. The molecule has 215 valence electrons. The second-order valence-corrected chi connectivity index (χ2v) is 17.2. The summed E-state index contributed by atoms with van der Waals surface area (Å²) in [5, 5.41) is 0. The van der Waals surface area contributed by atoms with Crippen LogP contribution < -0.4 is 4.70 Å². The minimum Gasteiger partial charge on any atom is -1.00 e. The van der Waals surface area contributed by atoms with Crippen LogP contribution >= 0.6 is 15.8 Å². The van der Waals surface area contributed by atoms with Crippen molar-refractivity contribution in [1.82, 2.24) is 0 Å². The molecule has 0 nitrogen and oxygen atoms in total. The van der Waals surface area contributed by atoms with E-state index in [4.69, 9.17) is 0 Å². The van der Waals surface area contributed by atoms with Crippen molar-refractivity contribution in [2.24, 2.45) is 11.8 Å². The van der Waals surface area contributed by atoms with Crippen molar-refractivity contribution in [2.75, 3.05) is 24.6 Å². The van der Waals surface area contributed by atoms with Crippen LogP contribution in [0.5, 0.6) is 0 Å². The van der Waals surface area contributed by atoms with Gasteiger partial charge in [-0.3, -0.25) is 12.9 Å². The van der Waals surface area contributed by atoms with Gasteiger partial charge in [0.1, 0.15) is 0 Å². The van der Waals surface area contributed by atoms with E-state index in [0.717, 1.165) is 23.2 Å². The fourth-order valence-corrected chi connectivity index (χ4v) is 14.9. The minimum atomic E-state index is -3.67. The summed E-state index contributed by atoms with van der Waals surface area (Å²) in [6.07, 6.45) is 25.8. The smallest absolute Gasteiger partial charge is 0.762 e. The molecule has 2 unspecified atom stereocenters. The van der Waals surface area contributed by atoms with Gasteiger partial charge in [-0.05, 0) is 55.1 Å². The van der Waals surface area contributed by atoms with Crippen LogP contribution in [-0.2, 0) is 32.3 Å². The molecular formula is C31H42BF4P2Rh+. The fourth-order valence-electron chi connectivity index (χ4n) is 6.56. The van der Waals surface area contributed by atoms with Crippen molar-refractivity contribution in [3.8, 4) is 0 Å². The first-order valence-corrected chi connectivity index (χ1v) is 18.1. The van der Waals surface area contributed by atoms with E-state index >= 15 is 0 Å². The summed E-state index contributed by atoms with van der Waals surface area (Å²) in [6.45, 7) is 0. The molecule has 0 spiro atoms. The van der Waals surface area contributed by atoms with Gasteiger partial charge in [0.15, 0.2) is 0 Å². The van der Waals surface area contributed by atoms with Gasteiger partial charge in [0.2, 0.25) is 0 Å². The van der Waals surface area contributed by atoms with Gasteiger partial charge in [-0.25, -0.2) is 0 Å². The predicted molar refractivity (Wildman–Crippen MR) is 161 cm³/mol. The third kappa shape index (κ3) is 11.9. The maximum absolute atomic E-state index is 9.67. The molecule has 2 aromatic rings. The molecule has 0 saturated carbocycles. The second-order valence-electron chi connectivity index (χ2n) is 11.0. The zero-order chi connectivity index (χ0) is 25.9. The van der Waals surface area contributed by atoms with E-state index in [1.165, 1.54) is 44.9 Å². The van der Waals surface area contributed by atoms with Crippen LogP contribution in [0.3, 0.4) is 0 Å². The molecule has 2 saturated heterocycles. The van der Waals surface area contributed by atoms with Gasteiger partial charge in [0.25, 0.3) is 0 Å². The van der Waals surface area contributed by atoms with Crippen LogP contribution in [0, 0.1) is 11.8 Å². The quantitative estimate of drug-likeness (QED) is 0.151. The minimum absolute atomic E-state index is 0. The maximum atomic E-state index is 9.67. The molecule has 4 atom stereocenters. The standard InChI is InChI=1S/C24H32P2.C7H8.BF3.FH.Rh/c1-3-9-21(10-4-1)19-23-13-7-15-25(23)17-18-26-16-8-14-24(26)20-22-11-5-2-6-12-22;1-2-7-4-3-6(1)5-7;2-1(3)4;;/h1-6,9-12,23-24H,7-8,13-20H2;1-4,6-7H,5H2;;1H;/p+1/t23-,24-,25?,26?;;;;/m1..../s1. The Kier molecular flexibility index (Phi) is 16.4. The van der Waals surface area contributed by atoms with Crippen molar-refractivity contribution >= 4 is 23.4 Å². The number of hydrogen-bond donors (Lipinski definition) is 0. The molecular weight excluding hydrogens is 624 g/mol. The Balaban J connectivity index is 0.000000342. The topological polar surface area (TPSA) is 0 Å². The van der Waals surface area contributed by atoms with E-state index in [9.17, 15) is 12.9 Å². The molecule has 39 heavy (non-hydrogen) atoms. The summed E-state index contributed by atoms with van der Waals surface area (Å²) in [5.41, 5.74) is 5.27. The molecule has 2 heterocycles. The Labute approximate surface area is 248 Å². The number of rotatable bonds is 7. The monoisotopic (exact) mass is 666 g/mol. The molecule has 0 N–H and O–H groups in total. The van der Waals surface area contributed by atoms with Crippen molar-refractivity contribution in [2.45, 2.75) is 56.3 Å². The van der Waals surface area contributed by atoms with E-state index in [2.05, 4.69) is 85.0 Å². The van der Waals surface area contributed by atoms with Crippen molar-refractivity contribution in [3.63, 3.8) is 0 Å². The molecule has 4 aliphatic rings. The molecule has 0 amide bonds. The van der Waals surface area contributed by atoms with Gasteiger partial charge in [0, 0.05) is 48.2 Å². The van der Waals surface area contributed by atoms with Gasteiger partial charge in [0.05, 0.1) is 36.0 Å². The summed E-state index contributed by atoms with van der Waals surface area (Å²) in [4.78, 5) is 0. The first-order chi connectivity index (χ1) is 18.1. The molecule has 1 radical (unpaired) electrons. The molecule has 2 fully saturated rings. The molecule has 2 aliphatic heterocycles. The van der Waals surface area contributed by atoms with Crippen molar-refractivity contribution in [3.05, 3.63) is 96.1 Å². The normalized spacial score (nSPS) is 27.5. The SMILES string of the molecule is C1=CC2C=CC1C2.FB(F)F.[F-].[Rh].c1ccc(C[C@H]2CCC[PH+]2CC[PH+]2CCC[C@@H]2Cc2ccccc2)cc1. The number of hydrogen-bond acceptors (Lipinski definition) is 0. The van der Waals surface area contributed by atoms with Gasteiger partial charge in [-0.1, -0.05) is 85.0 Å². The number of halogens is 4. The Morgan fingerprint density at radius 1 is 0.641 bits per heavy atom. The molecule has 6 rings (SSSR count). The van der Waals surface area contributed by atoms with Crippen LogP contribution in [-0.4, -0.2) is 43.5 Å². The van der Waals surface area contributed by atoms with Gasteiger partial charge >= 0.3 is 7.54 Å². The first kappa shape index (κ1) is 34.4. The van der Waals surface area contributed by atoms with Crippen molar-refractivity contribution in [1.29, 1.82) is 0 Å². The number of allylic oxidation sites excluding steroid dienone is 4. The summed E-state index contributed by atoms with van der Waals surface area (Å²) < 4.78 is 29.0. The number of benzene rings is 2. The summed E-state index contributed by atoms with van der Waals surface area (Å²) in [6, 6.07) is 22.6. The summed E-state index contributed by atoms with van der Waals surface area (Å²) in [7, 11) is -3.88. The molecule has 2 aliphatic carbocycles. The average Bonchev–Trinajstić information content (AvgIpc) is 3.71. The van der Waals surface area contributed by atoms with Crippen LogP contribution in [0.1, 0.15) is 43.2 Å². The zero-order valence-electron chi connectivity index (χ0n) is 22.6. The largest absolute Gasteiger partial charge is 1.00 e. The Morgan fingerprint density at radius 2 is 1.00 bits per heavy atom. The second kappa shape index (κ2) is 18.6. The van der Waals surface area contributed by atoms with Crippen LogP contribution in [0.2, 0.25) is 0 Å². The third-order valence-electron chi connectivity index (χ3n) is 8.43. The van der Waals surface area contributed by atoms with Crippen LogP contribution in [0.4, 0.5) is 12.9 Å². The summed E-state index contributed by atoms with van der Waals surface area (Å²) in [5.74, 6) is 1.62. The van der Waals surface area contributed by atoms with E-state index in [1.807, 2.05) is 0 Å². The third-order valence-corrected chi connectivity index (χ3v) is 16.0. The van der Waals surface area contributed by atoms with Crippen molar-refractivity contribution < 1.29 is 37.1 Å². The Hall–Kier alpha value is -0.812. The van der Waals surface area contributed by atoms with E-state index < -0.39 is 7.54 Å². The molecule has 2 bridgehead atoms. The average molecular weight is 666 g/mol. The summed E-state index contributed by atoms with van der Waals surface area (Å²) >= 11 is 0. The predicted octanol–water partition coefficient (Wildman–Crippen LogP) is 5.85. The van der Waals surface area contributed by atoms with Crippen LogP contribution in [0.15, 0.2) is 85.0 Å². The molecule has 2 aromatic carbocycles. The van der Waals surface area contributed by atoms with E-state index in [-0.39, 0.29) is 40.0 Å². The Morgan fingerprint density at radius 3 is 1.31 bits per heavy atom. The zero-order valence-corrected chi connectivity index (χ0v) is 26.2. The van der Waals surface area contributed by atoms with Gasteiger partial charge < -0.3 is 4.70 Å². The number of fused-ring (bicyclic) bond motifs is 2. The molecule has 0 aromatic heterocycles. The van der Waals surface area contributed by atoms with Crippen LogP contribution in [0.25, 0.3) is 0 Å². The molecule has 8 heteroatoms. The fraction of sp³-hybridized carbons (Fsp3) is 0.484. The van der Waals surface area contributed by atoms with Gasteiger partial charge in [-0.2, -0.15) is 0 Å². The maximum Gasteiger partial charge on any atom is 0.762 e. The van der Waals surface area contributed by atoms with E-state index in [1.54, 1.807) is 35.8 Å².